The molecule has 1 aromatic carbocycles. The maximum Gasteiger partial charge on any atom is 0.338 e. The largest absolute Gasteiger partial charge is 0.462 e. The summed E-state index contributed by atoms with van der Waals surface area (Å²) < 4.78 is 5.29. The standard InChI is InChI=1S/C26H43NO3.Na/c1-2-3-4-5-6-7-8-9-10-11-12-13-14-15-16-17-22-30-26(29)24-20-18-23(19-21-24)25(27)28;/h18-21H,2-17,22H2,1H3,(H2,27,28);. The molecule has 4 nitrogen and oxygen atoms in total. The van der Waals surface area contributed by atoms with Crippen LogP contribution in [0.1, 0.15) is 130 Å². The molecule has 0 aliphatic heterocycles. The first kappa shape index (κ1) is 30.2. The van der Waals surface area contributed by atoms with E-state index in [1.807, 2.05) is 0 Å². The molecule has 0 saturated carbocycles. The Bertz CT molecular complexity index is 575. The van der Waals surface area contributed by atoms with Gasteiger partial charge in [-0.3, -0.25) is 4.79 Å². The van der Waals surface area contributed by atoms with E-state index in [1.54, 1.807) is 24.3 Å². The van der Waals surface area contributed by atoms with E-state index in [2.05, 4.69) is 6.92 Å². The molecule has 0 bridgehead atoms. The predicted octanol–water partition coefficient (Wildman–Crippen LogP) is 6.82. The predicted molar refractivity (Wildman–Crippen MR) is 131 cm³/mol. The number of hydrogen-bond donors (Lipinski definition) is 1. The second-order valence-corrected chi connectivity index (χ2v) is 8.38. The minimum absolute atomic E-state index is 0. The van der Waals surface area contributed by atoms with E-state index in [1.165, 1.54) is 89.9 Å². The summed E-state index contributed by atoms with van der Waals surface area (Å²) in [6.45, 7) is 2.73. The minimum Gasteiger partial charge on any atom is -0.462 e. The van der Waals surface area contributed by atoms with E-state index < -0.39 is 5.91 Å². The molecular formula is C26H43NNaO3. The van der Waals surface area contributed by atoms with Crippen molar-refractivity contribution in [1.29, 1.82) is 0 Å². The van der Waals surface area contributed by atoms with E-state index in [9.17, 15) is 9.59 Å². The molecule has 0 atom stereocenters. The molecule has 0 aromatic heterocycles. The summed E-state index contributed by atoms with van der Waals surface area (Å²) in [6.07, 6.45) is 21.2. The number of ether oxygens (including phenoxy) is 1. The Morgan fingerprint density at radius 3 is 1.39 bits per heavy atom. The van der Waals surface area contributed by atoms with Crippen molar-refractivity contribution < 1.29 is 14.3 Å². The molecule has 0 fully saturated rings. The number of carbonyl (C=O) groups is 2. The van der Waals surface area contributed by atoms with Gasteiger partial charge in [-0.1, -0.05) is 103 Å². The summed E-state index contributed by atoms with van der Waals surface area (Å²) in [5, 5.41) is 0. The quantitative estimate of drug-likeness (QED) is 0.146. The van der Waals surface area contributed by atoms with Crippen molar-refractivity contribution in [2.45, 2.75) is 110 Å². The summed E-state index contributed by atoms with van der Waals surface area (Å²) >= 11 is 0. The summed E-state index contributed by atoms with van der Waals surface area (Å²) in [7, 11) is 0. The van der Waals surface area contributed by atoms with Crippen LogP contribution in [-0.4, -0.2) is 48.0 Å². The van der Waals surface area contributed by atoms with Crippen molar-refractivity contribution in [2.75, 3.05) is 6.61 Å². The van der Waals surface area contributed by atoms with Crippen LogP contribution in [0.15, 0.2) is 24.3 Å². The number of carbonyl (C=O) groups excluding carboxylic acids is 2. The van der Waals surface area contributed by atoms with Crippen LogP contribution >= 0.6 is 0 Å². The van der Waals surface area contributed by atoms with Gasteiger partial charge in [0.2, 0.25) is 5.91 Å². The van der Waals surface area contributed by atoms with Gasteiger partial charge >= 0.3 is 5.97 Å². The molecule has 5 heteroatoms. The zero-order valence-corrected chi connectivity index (χ0v) is 22.1. The molecule has 1 rings (SSSR count). The molecule has 1 radical (unpaired) electrons. The number of esters is 1. The topological polar surface area (TPSA) is 69.4 Å². The van der Waals surface area contributed by atoms with Gasteiger partial charge in [-0.2, -0.15) is 0 Å². The molecule has 0 aliphatic rings. The van der Waals surface area contributed by atoms with Gasteiger partial charge in [-0.15, -0.1) is 0 Å². The Balaban J connectivity index is 0.00000900. The number of nitrogens with two attached hydrogens (primary N) is 1. The molecular weight excluding hydrogens is 397 g/mol. The molecule has 1 amide bonds. The van der Waals surface area contributed by atoms with Crippen molar-refractivity contribution in [3.63, 3.8) is 0 Å². The van der Waals surface area contributed by atoms with Gasteiger partial charge < -0.3 is 10.5 Å². The summed E-state index contributed by atoms with van der Waals surface area (Å²) in [4.78, 5) is 23.0. The average molecular weight is 441 g/mol. The molecule has 0 heterocycles. The van der Waals surface area contributed by atoms with Crippen LogP contribution < -0.4 is 5.73 Å². The van der Waals surface area contributed by atoms with E-state index in [0.717, 1.165) is 12.8 Å². The fourth-order valence-electron chi connectivity index (χ4n) is 3.67. The van der Waals surface area contributed by atoms with Crippen molar-refractivity contribution in [3.05, 3.63) is 35.4 Å². The van der Waals surface area contributed by atoms with Gasteiger partial charge in [0, 0.05) is 35.1 Å². The third-order valence-corrected chi connectivity index (χ3v) is 5.64. The summed E-state index contributed by atoms with van der Waals surface area (Å²) in [5.41, 5.74) is 6.04. The first-order valence-electron chi connectivity index (χ1n) is 12.2. The number of unbranched alkanes of at least 4 members (excludes halogenated alkanes) is 15. The van der Waals surface area contributed by atoms with Crippen LogP contribution in [0, 0.1) is 0 Å². The van der Waals surface area contributed by atoms with Crippen molar-refractivity contribution in [2.24, 2.45) is 5.73 Å². The maximum absolute atomic E-state index is 11.9. The van der Waals surface area contributed by atoms with E-state index in [0.29, 0.717) is 17.7 Å². The zero-order chi connectivity index (χ0) is 21.9. The SMILES string of the molecule is CCCCCCCCCCCCCCCCCCOC(=O)c1ccc(C(N)=O)cc1.[Na]. The molecule has 0 saturated heterocycles. The zero-order valence-electron chi connectivity index (χ0n) is 20.1. The molecule has 171 valence electrons. The molecule has 31 heavy (non-hydrogen) atoms. The van der Waals surface area contributed by atoms with Gasteiger partial charge in [0.25, 0.3) is 0 Å². The first-order valence-corrected chi connectivity index (χ1v) is 12.2. The van der Waals surface area contributed by atoms with Gasteiger partial charge in [0.1, 0.15) is 0 Å². The van der Waals surface area contributed by atoms with Crippen LogP contribution in [0.5, 0.6) is 0 Å². The number of primary amides is 1. The number of rotatable bonds is 19. The normalized spacial score (nSPS) is 10.5. The molecule has 1 aromatic rings. The minimum atomic E-state index is -0.497. The number of amides is 1. The number of hydrogen-bond acceptors (Lipinski definition) is 3. The Labute approximate surface area is 212 Å². The van der Waals surface area contributed by atoms with Crippen molar-refractivity contribution in [1.82, 2.24) is 0 Å². The van der Waals surface area contributed by atoms with Crippen molar-refractivity contribution in [3.8, 4) is 0 Å². The smallest absolute Gasteiger partial charge is 0.338 e. The van der Waals surface area contributed by atoms with Crippen molar-refractivity contribution >= 4 is 41.4 Å². The second-order valence-electron chi connectivity index (χ2n) is 8.38. The van der Waals surface area contributed by atoms with Gasteiger partial charge in [0.15, 0.2) is 0 Å². The maximum atomic E-state index is 11.9. The van der Waals surface area contributed by atoms with Gasteiger partial charge in [-0.25, -0.2) is 4.79 Å². The Morgan fingerprint density at radius 2 is 1.00 bits per heavy atom. The van der Waals surface area contributed by atoms with Crippen LogP contribution in [0.3, 0.4) is 0 Å². The van der Waals surface area contributed by atoms with E-state index in [-0.39, 0.29) is 35.5 Å². The van der Waals surface area contributed by atoms with E-state index in [4.69, 9.17) is 10.5 Å². The molecule has 0 aliphatic carbocycles. The fraction of sp³-hybridized carbons (Fsp3) is 0.692. The Hall–Kier alpha value is -0.840. The van der Waals surface area contributed by atoms with Crippen LogP contribution in [0.25, 0.3) is 0 Å². The summed E-state index contributed by atoms with van der Waals surface area (Å²) in [6, 6.07) is 6.26. The molecule has 0 spiro atoms. The monoisotopic (exact) mass is 440 g/mol. The van der Waals surface area contributed by atoms with Gasteiger partial charge in [0.05, 0.1) is 12.2 Å². The number of benzene rings is 1. The Kier molecular flexibility index (Phi) is 20.5. The second kappa shape index (κ2) is 21.0. The average Bonchev–Trinajstić information content (AvgIpc) is 2.75. The van der Waals surface area contributed by atoms with Crippen LogP contribution in [0.2, 0.25) is 0 Å². The third-order valence-electron chi connectivity index (χ3n) is 5.64. The molecule has 2 N–H and O–H groups in total. The van der Waals surface area contributed by atoms with Gasteiger partial charge in [-0.05, 0) is 30.7 Å². The molecule has 0 unspecified atom stereocenters. The third kappa shape index (κ3) is 16.5. The van der Waals surface area contributed by atoms with Crippen LogP contribution in [0.4, 0.5) is 0 Å². The van der Waals surface area contributed by atoms with Crippen LogP contribution in [-0.2, 0) is 4.74 Å². The summed E-state index contributed by atoms with van der Waals surface area (Å²) in [5.74, 6) is -0.838. The van der Waals surface area contributed by atoms with E-state index >= 15 is 0 Å². The first-order chi connectivity index (χ1) is 14.6. The Morgan fingerprint density at radius 1 is 0.645 bits per heavy atom. The fourth-order valence-corrected chi connectivity index (χ4v) is 3.67.